The molecule has 0 radical (unpaired) electrons. The largest absolute Gasteiger partial charge is 0.466 e. The Labute approximate surface area is 158 Å². The number of hydrogen-bond donors (Lipinski definition) is 1. The Kier molecular flexibility index (Phi) is 7.84. The van der Waals surface area contributed by atoms with E-state index in [1.54, 1.807) is 25.2 Å². The van der Waals surface area contributed by atoms with Crippen LogP contribution >= 0.6 is 23.6 Å². The standard InChI is InChI=1S/C18H25NO4S2/c1-3-22-17(20)8-7-14(18(21)23-4-2)19-16-10-13-6-5-12(11-24)9-15(13)25-16/h10-12,14,19H,3-9H2,1-2H3/t12?,14-/m0/s1. The van der Waals surface area contributed by atoms with Crippen molar-refractivity contribution in [1.82, 2.24) is 0 Å². The number of nitrogens with one attached hydrogen (secondary N) is 1. The summed E-state index contributed by atoms with van der Waals surface area (Å²) in [6, 6.07) is 1.56. The third kappa shape index (κ3) is 5.78. The van der Waals surface area contributed by atoms with Crippen molar-refractivity contribution in [3.63, 3.8) is 0 Å². The zero-order chi connectivity index (χ0) is 18.2. The maximum Gasteiger partial charge on any atom is 0.328 e. The lowest BCUT2D eigenvalue weighted by Crippen LogP contribution is -2.32. The SMILES string of the molecule is CCOC(=O)CC[C@H](Nc1cc2c(s1)CC(C=S)CC2)C(=O)OCC. The molecule has 0 spiro atoms. The first-order valence-corrected chi connectivity index (χ1v) is 10.0. The average Bonchev–Trinajstić information content (AvgIpc) is 3.00. The van der Waals surface area contributed by atoms with Gasteiger partial charge in [0.2, 0.25) is 0 Å². The minimum Gasteiger partial charge on any atom is -0.466 e. The molecule has 0 saturated carbocycles. The van der Waals surface area contributed by atoms with Gasteiger partial charge in [-0.3, -0.25) is 4.79 Å². The summed E-state index contributed by atoms with van der Waals surface area (Å²) in [5.41, 5.74) is 1.33. The first kappa shape index (κ1) is 19.8. The molecular formula is C18H25NO4S2. The smallest absolute Gasteiger partial charge is 0.328 e. The van der Waals surface area contributed by atoms with E-state index < -0.39 is 6.04 Å². The normalized spacial score (nSPS) is 17.3. The van der Waals surface area contributed by atoms with Crippen LogP contribution < -0.4 is 5.32 Å². The molecule has 0 fully saturated rings. The van der Waals surface area contributed by atoms with Crippen LogP contribution in [0.4, 0.5) is 5.00 Å². The molecule has 0 aliphatic heterocycles. The summed E-state index contributed by atoms with van der Waals surface area (Å²) < 4.78 is 10.1. The molecule has 138 valence electrons. The van der Waals surface area contributed by atoms with Gasteiger partial charge in [0.05, 0.1) is 18.2 Å². The monoisotopic (exact) mass is 383 g/mol. The molecule has 7 heteroatoms. The number of thiocarbonyl (C=S) groups is 1. The number of hydrogen-bond acceptors (Lipinski definition) is 7. The van der Waals surface area contributed by atoms with Crippen molar-refractivity contribution in [1.29, 1.82) is 0 Å². The fraction of sp³-hybridized carbons (Fsp3) is 0.611. The van der Waals surface area contributed by atoms with Crippen molar-refractivity contribution >= 4 is 45.9 Å². The van der Waals surface area contributed by atoms with Gasteiger partial charge in [0.15, 0.2) is 0 Å². The van der Waals surface area contributed by atoms with E-state index in [9.17, 15) is 9.59 Å². The number of esters is 2. The Morgan fingerprint density at radius 3 is 2.84 bits per heavy atom. The lowest BCUT2D eigenvalue weighted by molar-refractivity contribution is -0.145. The zero-order valence-corrected chi connectivity index (χ0v) is 16.3. The van der Waals surface area contributed by atoms with Crippen LogP contribution in [-0.2, 0) is 31.9 Å². The van der Waals surface area contributed by atoms with E-state index in [4.69, 9.17) is 21.7 Å². The molecule has 1 aliphatic rings. The van der Waals surface area contributed by atoms with Crippen LogP contribution in [0, 0.1) is 5.92 Å². The topological polar surface area (TPSA) is 64.6 Å². The van der Waals surface area contributed by atoms with Gasteiger partial charge in [0.1, 0.15) is 6.04 Å². The minimum atomic E-state index is -0.550. The highest BCUT2D eigenvalue weighted by Crippen LogP contribution is 2.35. The van der Waals surface area contributed by atoms with Crippen molar-refractivity contribution in [2.75, 3.05) is 18.5 Å². The molecule has 0 bridgehead atoms. The molecule has 1 aromatic rings. The van der Waals surface area contributed by atoms with Gasteiger partial charge < -0.3 is 14.8 Å². The molecule has 5 nitrogen and oxygen atoms in total. The molecule has 1 aromatic heterocycles. The third-order valence-electron chi connectivity index (χ3n) is 4.15. The Balaban J connectivity index is 2.03. The molecule has 1 unspecified atom stereocenters. The highest BCUT2D eigenvalue weighted by atomic mass is 32.1. The maximum absolute atomic E-state index is 12.2. The highest BCUT2D eigenvalue weighted by Gasteiger charge is 2.24. The molecule has 1 N–H and O–H groups in total. The molecule has 0 saturated heterocycles. The number of fused-ring (bicyclic) bond motifs is 1. The number of rotatable bonds is 9. The highest BCUT2D eigenvalue weighted by molar-refractivity contribution is 7.79. The van der Waals surface area contributed by atoms with Gasteiger partial charge in [-0.25, -0.2) is 4.79 Å². The van der Waals surface area contributed by atoms with Gasteiger partial charge in [-0.05, 0) is 62.4 Å². The predicted molar refractivity (Wildman–Crippen MR) is 103 cm³/mol. The predicted octanol–water partition coefficient (Wildman–Crippen LogP) is 3.54. The summed E-state index contributed by atoms with van der Waals surface area (Å²) in [6.45, 7) is 4.20. The summed E-state index contributed by atoms with van der Waals surface area (Å²) in [4.78, 5) is 25.1. The van der Waals surface area contributed by atoms with Crippen LogP contribution in [0.5, 0.6) is 0 Å². The van der Waals surface area contributed by atoms with Crippen molar-refractivity contribution in [3.8, 4) is 0 Å². The molecule has 0 amide bonds. The summed E-state index contributed by atoms with van der Waals surface area (Å²) >= 11 is 6.74. The summed E-state index contributed by atoms with van der Waals surface area (Å²) in [5, 5.41) is 6.05. The maximum atomic E-state index is 12.2. The Bertz CT molecular complexity index is 614. The van der Waals surface area contributed by atoms with Gasteiger partial charge in [0, 0.05) is 11.3 Å². The zero-order valence-electron chi connectivity index (χ0n) is 14.7. The van der Waals surface area contributed by atoms with Gasteiger partial charge in [-0.1, -0.05) is 12.2 Å². The molecular weight excluding hydrogens is 358 g/mol. The van der Waals surface area contributed by atoms with Crippen LogP contribution in [0.2, 0.25) is 0 Å². The first-order valence-electron chi connectivity index (χ1n) is 8.73. The van der Waals surface area contributed by atoms with Crippen molar-refractivity contribution in [3.05, 3.63) is 16.5 Å². The lowest BCUT2D eigenvalue weighted by Gasteiger charge is -2.17. The second kappa shape index (κ2) is 9.87. The van der Waals surface area contributed by atoms with Crippen LogP contribution in [-0.4, -0.2) is 36.6 Å². The molecule has 1 aliphatic carbocycles. The molecule has 25 heavy (non-hydrogen) atoms. The molecule has 0 aromatic carbocycles. The number of carbonyl (C=O) groups is 2. The van der Waals surface area contributed by atoms with E-state index in [0.717, 1.165) is 24.3 Å². The van der Waals surface area contributed by atoms with Crippen LogP contribution in [0.3, 0.4) is 0 Å². The third-order valence-corrected chi connectivity index (χ3v) is 5.67. The van der Waals surface area contributed by atoms with E-state index in [1.807, 2.05) is 5.37 Å². The summed E-state index contributed by atoms with van der Waals surface area (Å²) in [7, 11) is 0. The van der Waals surface area contributed by atoms with Crippen LogP contribution in [0.1, 0.15) is 43.6 Å². The Morgan fingerprint density at radius 1 is 1.40 bits per heavy atom. The number of anilines is 1. The Hall–Kier alpha value is -1.47. The van der Waals surface area contributed by atoms with E-state index in [0.29, 0.717) is 25.6 Å². The second-order valence-corrected chi connectivity index (χ2v) is 7.40. The molecule has 2 atom stereocenters. The Morgan fingerprint density at radius 2 is 2.16 bits per heavy atom. The lowest BCUT2D eigenvalue weighted by atomic mass is 9.90. The molecule has 1 heterocycles. The summed E-state index contributed by atoms with van der Waals surface area (Å²) in [6.07, 6.45) is 3.60. The number of carbonyl (C=O) groups excluding carboxylic acids is 2. The number of thiophene rings is 1. The molecule has 2 rings (SSSR count). The first-order chi connectivity index (χ1) is 12.1. The van der Waals surface area contributed by atoms with Crippen LogP contribution in [0.15, 0.2) is 6.07 Å². The number of ether oxygens (including phenoxy) is 2. The fourth-order valence-corrected chi connectivity index (χ4v) is 4.37. The van der Waals surface area contributed by atoms with Crippen molar-refractivity contribution in [2.24, 2.45) is 5.92 Å². The van der Waals surface area contributed by atoms with Gasteiger partial charge in [-0.2, -0.15) is 0 Å². The van der Waals surface area contributed by atoms with Gasteiger partial charge in [0.25, 0.3) is 0 Å². The van der Waals surface area contributed by atoms with Gasteiger partial charge >= 0.3 is 11.9 Å². The fourth-order valence-electron chi connectivity index (χ4n) is 2.88. The van der Waals surface area contributed by atoms with E-state index >= 15 is 0 Å². The average molecular weight is 384 g/mol. The van der Waals surface area contributed by atoms with Crippen molar-refractivity contribution in [2.45, 2.75) is 52.0 Å². The van der Waals surface area contributed by atoms with Gasteiger partial charge in [-0.15, -0.1) is 11.3 Å². The second-order valence-electron chi connectivity index (χ2n) is 5.99. The van der Waals surface area contributed by atoms with E-state index in [-0.39, 0.29) is 18.4 Å². The minimum absolute atomic E-state index is 0.183. The summed E-state index contributed by atoms with van der Waals surface area (Å²) in [5.74, 6) is -0.179. The van der Waals surface area contributed by atoms with Crippen LogP contribution in [0.25, 0.3) is 0 Å². The van der Waals surface area contributed by atoms with E-state index in [2.05, 4.69) is 11.4 Å². The van der Waals surface area contributed by atoms with E-state index in [1.165, 1.54) is 10.4 Å². The number of aryl methyl sites for hydroxylation is 1. The van der Waals surface area contributed by atoms with Crippen molar-refractivity contribution < 1.29 is 19.1 Å². The quantitative estimate of drug-likeness (QED) is 0.520.